The number of sulfonamides is 1. The summed E-state index contributed by atoms with van der Waals surface area (Å²) in [5.74, 6) is -4.04. The van der Waals surface area contributed by atoms with Gasteiger partial charge in [-0.2, -0.15) is 0 Å². The average molecular weight is 512 g/mol. The van der Waals surface area contributed by atoms with Crippen molar-refractivity contribution in [3.8, 4) is 0 Å². The van der Waals surface area contributed by atoms with E-state index in [1.54, 1.807) is 0 Å². The van der Waals surface area contributed by atoms with Gasteiger partial charge in [-0.05, 0) is 49.6 Å². The molecule has 2 aromatic rings. The Kier molecular flexibility index (Phi) is 8.42. The second kappa shape index (κ2) is 11.1. The van der Waals surface area contributed by atoms with Crippen molar-refractivity contribution < 1.29 is 31.2 Å². The largest absolute Gasteiger partial charge is 0.352 e. The van der Waals surface area contributed by atoms with Crippen LogP contribution >= 0.6 is 0 Å². The summed E-state index contributed by atoms with van der Waals surface area (Å²) in [6, 6.07) is 6.87. The van der Waals surface area contributed by atoms with Gasteiger partial charge in [-0.25, -0.2) is 21.6 Å². The normalized spacial score (nSPS) is 15.0. The maximum Gasteiger partial charge on any atom is 0.244 e. The lowest BCUT2D eigenvalue weighted by Gasteiger charge is -2.32. The summed E-state index contributed by atoms with van der Waals surface area (Å²) in [6.45, 7) is 0.688. The van der Waals surface area contributed by atoms with Gasteiger partial charge in [0.2, 0.25) is 21.8 Å². The minimum absolute atomic E-state index is 0.00225. The minimum atomic E-state index is -4.07. The van der Waals surface area contributed by atoms with Crippen molar-refractivity contribution in [1.82, 2.24) is 10.2 Å². The molecule has 1 fully saturated rings. The summed E-state index contributed by atoms with van der Waals surface area (Å²) < 4.78 is 66.1. The lowest BCUT2D eigenvalue weighted by Crippen LogP contribution is -2.52. The highest BCUT2D eigenvalue weighted by molar-refractivity contribution is 7.92. The van der Waals surface area contributed by atoms with Crippen molar-refractivity contribution in [3.05, 3.63) is 65.5 Å². The Morgan fingerprint density at radius 1 is 1.03 bits per heavy atom. The van der Waals surface area contributed by atoms with Crippen molar-refractivity contribution in [1.29, 1.82) is 0 Å². The highest BCUT2D eigenvalue weighted by atomic mass is 32.2. The van der Waals surface area contributed by atoms with Gasteiger partial charge < -0.3 is 10.2 Å². The van der Waals surface area contributed by atoms with Gasteiger partial charge in [0.1, 0.15) is 18.4 Å². The molecule has 7 nitrogen and oxygen atoms in total. The van der Waals surface area contributed by atoms with E-state index in [9.17, 15) is 31.2 Å². The zero-order chi connectivity index (χ0) is 25.8. The molecule has 2 aromatic carbocycles. The van der Waals surface area contributed by atoms with Gasteiger partial charge in [-0.3, -0.25) is 13.9 Å². The van der Waals surface area contributed by atoms with Crippen LogP contribution in [-0.4, -0.2) is 50.0 Å². The molecule has 3 rings (SSSR count). The van der Waals surface area contributed by atoms with E-state index in [1.165, 1.54) is 36.1 Å². The van der Waals surface area contributed by atoms with Crippen molar-refractivity contribution in [2.45, 2.75) is 51.2 Å². The van der Waals surface area contributed by atoms with E-state index >= 15 is 0 Å². The molecule has 190 valence electrons. The Hall–Kier alpha value is -3.08. The summed E-state index contributed by atoms with van der Waals surface area (Å²) in [5, 5.41) is 2.92. The van der Waals surface area contributed by atoms with Gasteiger partial charge in [0.25, 0.3) is 0 Å². The number of carbonyl (C=O) groups excluding carboxylic acids is 2. The first-order valence-electron chi connectivity index (χ1n) is 11.2. The van der Waals surface area contributed by atoms with Crippen LogP contribution in [0.15, 0.2) is 42.5 Å². The van der Waals surface area contributed by atoms with Crippen LogP contribution in [0.5, 0.6) is 0 Å². The average Bonchev–Trinajstić information content (AvgIpc) is 3.30. The van der Waals surface area contributed by atoms with Gasteiger partial charge in [0.15, 0.2) is 11.6 Å². The monoisotopic (exact) mass is 511 g/mol. The van der Waals surface area contributed by atoms with E-state index in [2.05, 4.69) is 5.32 Å². The molecule has 0 aromatic heterocycles. The number of hydrogen-bond donors (Lipinski definition) is 1. The van der Waals surface area contributed by atoms with Gasteiger partial charge in [0.05, 0.1) is 11.9 Å². The van der Waals surface area contributed by atoms with Gasteiger partial charge >= 0.3 is 0 Å². The third-order valence-corrected chi connectivity index (χ3v) is 7.15. The summed E-state index contributed by atoms with van der Waals surface area (Å²) >= 11 is 0. The molecule has 1 saturated carbocycles. The Morgan fingerprint density at radius 2 is 1.66 bits per heavy atom. The number of benzene rings is 2. The molecular formula is C24H28F3N3O4S. The van der Waals surface area contributed by atoms with E-state index in [4.69, 9.17) is 0 Å². The molecule has 0 bridgehead atoms. The van der Waals surface area contributed by atoms with E-state index in [-0.39, 0.29) is 18.3 Å². The molecule has 0 saturated heterocycles. The standard InChI is InChI=1S/C24H28F3N3O4S/c1-16(24(32)28-19-5-3-4-6-19)29(14-17-7-9-18(25)10-8-17)23(31)15-30(35(2,33)34)20-11-12-21(26)22(27)13-20/h7-13,16,19H,3-6,14-15H2,1-2H3,(H,28,32)/t16-/m0/s1. The van der Waals surface area contributed by atoms with Gasteiger partial charge in [-0.1, -0.05) is 25.0 Å². The zero-order valence-electron chi connectivity index (χ0n) is 19.5. The molecule has 0 aliphatic heterocycles. The molecule has 1 N–H and O–H groups in total. The molecule has 0 unspecified atom stereocenters. The lowest BCUT2D eigenvalue weighted by atomic mass is 10.1. The first kappa shape index (κ1) is 26.5. The highest BCUT2D eigenvalue weighted by Crippen LogP contribution is 2.22. The number of hydrogen-bond acceptors (Lipinski definition) is 4. The molecule has 1 aliphatic carbocycles. The van der Waals surface area contributed by atoms with E-state index in [0.717, 1.165) is 44.1 Å². The fraction of sp³-hybridized carbons (Fsp3) is 0.417. The van der Waals surface area contributed by atoms with Crippen LogP contribution in [0.3, 0.4) is 0 Å². The molecule has 0 spiro atoms. The smallest absolute Gasteiger partial charge is 0.244 e. The number of nitrogens with one attached hydrogen (secondary N) is 1. The predicted octanol–water partition coefficient (Wildman–Crippen LogP) is 3.35. The van der Waals surface area contributed by atoms with E-state index in [1.807, 2.05) is 0 Å². The SMILES string of the molecule is C[C@@H](C(=O)NC1CCCC1)N(Cc1ccc(F)cc1)C(=O)CN(c1ccc(F)c(F)c1)S(C)(=O)=O. The van der Waals surface area contributed by atoms with Crippen molar-refractivity contribution in [2.24, 2.45) is 0 Å². The summed E-state index contributed by atoms with van der Waals surface area (Å²) in [6.07, 6.45) is 4.50. The first-order valence-corrected chi connectivity index (χ1v) is 13.1. The Morgan fingerprint density at radius 3 is 2.23 bits per heavy atom. The van der Waals surface area contributed by atoms with Crippen LogP contribution in [0.1, 0.15) is 38.2 Å². The summed E-state index contributed by atoms with van der Waals surface area (Å²) in [5.41, 5.74) is 0.295. The maximum absolute atomic E-state index is 13.8. The molecule has 0 heterocycles. The third kappa shape index (κ3) is 6.97. The molecule has 1 atom stereocenters. The lowest BCUT2D eigenvalue weighted by molar-refractivity contribution is -0.139. The number of nitrogens with zero attached hydrogens (tertiary/aromatic N) is 2. The fourth-order valence-corrected chi connectivity index (χ4v) is 4.86. The first-order chi connectivity index (χ1) is 16.5. The van der Waals surface area contributed by atoms with Crippen LogP contribution in [-0.2, 0) is 26.2 Å². The maximum atomic E-state index is 13.8. The minimum Gasteiger partial charge on any atom is -0.352 e. The number of carbonyl (C=O) groups is 2. The van der Waals surface area contributed by atoms with Crippen molar-refractivity contribution in [2.75, 3.05) is 17.1 Å². The number of halogens is 3. The molecule has 35 heavy (non-hydrogen) atoms. The van der Waals surface area contributed by atoms with Crippen LogP contribution in [0.25, 0.3) is 0 Å². The Balaban J connectivity index is 1.88. The van der Waals surface area contributed by atoms with Crippen molar-refractivity contribution in [3.63, 3.8) is 0 Å². The topological polar surface area (TPSA) is 86.8 Å². The molecular weight excluding hydrogens is 483 g/mol. The van der Waals surface area contributed by atoms with Crippen LogP contribution in [0.2, 0.25) is 0 Å². The van der Waals surface area contributed by atoms with Crippen LogP contribution in [0.4, 0.5) is 18.9 Å². The Labute approximate surface area is 203 Å². The van der Waals surface area contributed by atoms with E-state index < -0.39 is 51.9 Å². The summed E-state index contributed by atoms with van der Waals surface area (Å²) in [7, 11) is -4.07. The quantitative estimate of drug-likeness (QED) is 0.560. The van der Waals surface area contributed by atoms with Crippen molar-refractivity contribution >= 4 is 27.5 Å². The fourth-order valence-electron chi connectivity index (χ4n) is 4.01. The van der Waals surface area contributed by atoms with Gasteiger partial charge in [0, 0.05) is 18.7 Å². The second-order valence-electron chi connectivity index (χ2n) is 8.68. The van der Waals surface area contributed by atoms with Crippen LogP contribution < -0.4 is 9.62 Å². The number of rotatable bonds is 9. The third-order valence-electron chi connectivity index (χ3n) is 6.01. The number of anilines is 1. The molecule has 11 heteroatoms. The highest BCUT2D eigenvalue weighted by Gasteiger charge is 2.31. The summed E-state index contributed by atoms with van der Waals surface area (Å²) in [4.78, 5) is 27.5. The second-order valence-corrected chi connectivity index (χ2v) is 10.6. The van der Waals surface area contributed by atoms with E-state index in [0.29, 0.717) is 15.9 Å². The molecule has 2 amide bonds. The number of amides is 2. The van der Waals surface area contributed by atoms with Gasteiger partial charge in [-0.15, -0.1) is 0 Å². The Bertz CT molecular complexity index is 1170. The zero-order valence-corrected chi connectivity index (χ0v) is 20.3. The molecule has 1 aliphatic rings. The molecule has 0 radical (unpaired) electrons. The predicted molar refractivity (Wildman–Crippen MR) is 125 cm³/mol. The van der Waals surface area contributed by atoms with Crippen LogP contribution in [0, 0.1) is 17.5 Å².